The minimum absolute atomic E-state index is 0.554. The molecule has 16 heavy (non-hydrogen) atoms. The summed E-state index contributed by atoms with van der Waals surface area (Å²) in [7, 11) is 0. The van der Waals surface area contributed by atoms with Gasteiger partial charge >= 0.3 is 0 Å². The fourth-order valence-corrected chi connectivity index (χ4v) is 1.89. The van der Waals surface area contributed by atoms with Gasteiger partial charge in [0.1, 0.15) is 0 Å². The second-order valence-electron chi connectivity index (χ2n) is 5.36. The van der Waals surface area contributed by atoms with Crippen LogP contribution in [0, 0.1) is 12.8 Å². The molecule has 0 aliphatic carbocycles. The SMILES string of the molecule is Cc1ccc(CC(NC(C)C)C(C)C)cc1. The van der Waals surface area contributed by atoms with Gasteiger partial charge in [-0.1, -0.05) is 57.5 Å². The van der Waals surface area contributed by atoms with Gasteiger partial charge in [0.25, 0.3) is 0 Å². The smallest absolute Gasteiger partial charge is 0.0133 e. The number of rotatable bonds is 5. The second kappa shape index (κ2) is 6.05. The minimum atomic E-state index is 0.554. The lowest BCUT2D eigenvalue weighted by Crippen LogP contribution is -2.40. The molecule has 0 saturated carbocycles. The van der Waals surface area contributed by atoms with Crippen molar-refractivity contribution < 1.29 is 0 Å². The zero-order chi connectivity index (χ0) is 12.1. The van der Waals surface area contributed by atoms with Gasteiger partial charge in [-0.2, -0.15) is 0 Å². The molecule has 1 aromatic carbocycles. The van der Waals surface area contributed by atoms with Crippen LogP contribution in [0.4, 0.5) is 0 Å². The van der Waals surface area contributed by atoms with Crippen LogP contribution in [0.5, 0.6) is 0 Å². The summed E-state index contributed by atoms with van der Waals surface area (Å²) >= 11 is 0. The minimum Gasteiger partial charge on any atom is -0.311 e. The van der Waals surface area contributed by atoms with E-state index in [9.17, 15) is 0 Å². The Labute approximate surface area is 100 Å². The molecule has 0 spiro atoms. The average molecular weight is 219 g/mol. The van der Waals surface area contributed by atoms with Crippen LogP contribution in [0.1, 0.15) is 38.8 Å². The van der Waals surface area contributed by atoms with Gasteiger partial charge < -0.3 is 5.32 Å². The van der Waals surface area contributed by atoms with Crippen LogP contribution in [-0.2, 0) is 6.42 Å². The normalized spacial score (nSPS) is 13.4. The number of hydrogen-bond donors (Lipinski definition) is 1. The van der Waals surface area contributed by atoms with Crippen LogP contribution in [0.25, 0.3) is 0 Å². The first-order valence-corrected chi connectivity index (χ1v) is 6.30. The Kier molecular flexibility index (Phi) is 5.01. The first-order valence-electron chi connectivity index (χ1n) is 6.30. The topological polar surface area (TPSA) is 12.0 Å². The van der Waals surface area contributed by atoms with Crippen molar-refractivity contribution >= 4 is 0 Å². The van der Waals surface area contributed by atoms with Gasteiger partial charge in [-0.05, 0) is 24.8 Å². The van der Waals surface area contributed by atoms with Gasteiger partial charge in [0.2, 0.25) is 0 Å². The van der Waals surface area contributed by atoms with Gasteiger partial charge in [-0.25, -0.2) is 0 Å². The molecule has 0 saturated heterocycles. The van der Waals surface area contributed by atoms with E-state index in [-0.39, 0.29) is 0 Å². The third kappa shape index (κ3) is 4.36. The summed E-state index contributed by atoms with van der Waals surface area (Å²) < 4.78 is 0. The predicted octanol–water partition coefficient (Wildman–Crippen LogP) is 3.56. The first kappa shape index (κ1) is 13.2. The maximum absolute atomic E-state index is 3.64. The summed E-state index contributed by atoms with van der Waals surface area (Å²) in [6.45, 7) is 11.1. The van der Waals surface area contributed by atoms with Crippen molar-refractivity contribution in [3.63, 3.8) is 0 Å². The Hall–Kier alpha value is -0.820. The largest absolute Gasteiger partial charge is 0.311 e. The molecule has 1 rings (SSSR count). The molecule has 0 fully saturated rings. The Bertz CT molecular complexity index is 298. The second-order valence-corrected chi connectivity index (χ2v) is 5.36. The third-order valence-electron chi connectivity index (χ3n) is 2.93. The van der Waals surface area contributed by atoms with Crippen molar-refractivity contribution in [3.8, 4) is 0 Å². The highest BCUT2D eigenvalue weighted by atomic mass is 14.9. The molecule has 1 unspecified atom stereocenters. The molecule has 1 atom stereocenters. The van der Waals surface area contributed by atoms with Crippen LogP contribution in [0.2, 0.25) is 0 Å². The predicted molar refractivity (Wildman–Crippen MR) is 71.8 cm³/mol. The fourth-order valence-electron chi connectivity index (χ4n) is 1.89. The molecule has 0 aliphatic rings. The lowest BCUT2D eigenvalue weighted by atomic mass is 9.95. The summed E-state index contributed by atoms with van der Waals surface area (Å²) in [5.41, 5.74) is 2.76. The summed E-state index contributed by atoms with van der Waals surface area (Å²) in [5.74, 6) is 0.670. The summed E-state index contributed by atoms with van der Waals surface area (Å²) in [4.78, 5) is 0. The molecule has 1 aromatic rings. The van der Waals surface area contributed by atoms with E-state index in [2.05, 4.69) is 64.2 Å². The van der Waals surface area contributed by atoms with Gasteiger partial charge in [0, 0.05) is 12.1 Å². The Morgan fingerprint density at radius 3 is 2.00 bits per heavy atom. The van der Waals surface area contributed by atoms with Crippen LogP contribution < -0.4 is 5.32 Å². The lowest BCUT2D eigenvalue weighted by Gasteiger charge is -2.25. The van der Waals surface area contributed by atoms with Crippen molar-refractivity contribution in [3.05, 3.63) is 35.4 Å². The van der Waals surface area contributed by atoms with E-state index in [4.69, 9.17) is 0 Å². The van der Waals surface area contributed by atoms with E-state index in [0.717, 1.165) is 6.42 Å². The zero-order valence-corrected chi connectivity index (χ0v) is 11.2. The first-order chi connectivity index (χ1) is 7.49. The monoisotopic (exact) mass is 219 g/mol. The molecular formula is C15H25N. The van der Waals surface area contributed by atoms with Crippen molar-refractivity contribution in [1.29, 1.82) is 0 Å². The fraction of sp³-hybridized carbons (Fsp3) is 0.600. The van der Waals surface area contributed by atoms with E-state index < -0.39 is 0 Å². The molecule has 1 N–H and O–H groups in total. The molecular weight excluding hydrogens is 194 g/mol. The molecule has 90 valence electrons. The molecule has 0 aliphatic heterocycles. The summed E-state index contributed by atoms with van der Waals surface area (Å²) in [6.07, 6.45) is 1.12. The van der Waals surface area contributed by atoms with Crippen LogP contribution in [-0.4, -0.2) is 12.1 Å². The summed E-state index contributed by atoms with van der Waals surface area (Å²) in [6, 6.07) is 10.0. The van der Waals surface area contributed by atoms with E-state index in [1.165, 1.54) is 11.1 Å². The molecule has 0 amide bonds. The highest BCUT2D eigenvalue weighted by molar-refractivity contribution is 5.22. The molecule has 1 nitrogen and oxygen atoms in total. The standard InChI is InChI=1S/C15H25N/c1-11(2)15(16-12(3)4)10-14-8-6-13(5)7-9-14/h6-9,11-12,15-16H,10H2,1-5H3. The number of nitrogens with one attached hydrogen (secondary N) is 1. The highest BCUT2D eigenvalue weighted by Gasteiger charge is 2.14. The van der Waals surface area contributed by atoms with Crippen molar-refractivity contribution in [1.82, 2.24) is 5.32 Å². The Balaban J connectivity index is 2.64. The number of benzene rings is 1. The van der Waals surface area contributed by atoms with Crippen molar-refractivity contribution in [2.24, 2.45) is 5.92 Å². The highest BCUT2D eigenvalue weighted by Crippen LogP contribution is 2.12. The van der Waals surface area contributed by atoms with Crippen molar-refractivity contribution in [2.75, 3.05) is 0 Å². The maximum Gasteiger partial charge on any atom is 0.0133 e. The van der Waals surface area contributed by atoms with Gasteiger partial charge in [0.05, 0.1) is 0 Å². The Morgan fingerprint density at radius 2 is 1.56 bits per heavy atom. The third-order valence-corrected chi connectivity index (χ3v) is 2.93. The van der Waals surface area contributed by atoms with E-state index >= 15 is 0 Å². The molecule has 0 heterocycles. The maximum atomic E-state index is 3.64. The summed E-state index contributed by atoms with van der Waals surface area (Å²) in [5, 5.41) is 3.64. The Morgan fingerprint density at radius 1 is 1.00 bits per heavy atom. The van der Waals surface area contributed by atoms with Crippen LogP contribution >= 0.6 is 0 Å². The molecule has 0 aromatic heterocycles. The van der Waals surface area contributed by atoms with E-state index in [1.54, 1.807) is 0 Å². The lowest BCUT2D eigenvalue weighted by molar-refractivity contribution is 0.368. The number of hydrogen-bond acceptors (Lipinski definition) is 1. The van der Waals surface area contributed by atoms with Crippen LogP contribution in [0.15, 0.2) is 24.3 Å². The van der Waals surface area contributed by atoms with E-state index in [1.807, 2.05) is 0 Å². The number of aryl methyl sites for hydroxylation is 1. The van der Waals surface area contributed by atoms with Gasteiger partial charge in [-0.3, -0.25) is 0 Å². The van der Waals surface area contributed by atoms with Crippen LogP contribution in [0.3, 0.4) is 0 Å². The molecule has 0 bridgehead atoms. The molecule has 1 heteroatoms. The van der Waals surface area contributed by atoms with Crippen molar-refractivity contribution in [2.45, 2.75) is 53.1 Å². The average Bonchev–Trinajstić information content (AvgIpc) is 2.19. The van der Waals surface area contributed by atoms with E-state index in [0.29, 0.717) is 18.0 Å². The van der Waals surface area contributed by atoms with Gasteiger partial charge in [-0.15, -0.1) is 0 Å². The molecule has 0 radical (unpaired) electrons. The quantitative estimate of drug-likeness (QED) is 0.798. The zero-order valence-electron chi connectivity index (χ0n) is 11.2. The van der Waals surface area contributed by atoms with Gasteiger partial charge in [0.15, 0.2) is 0 Å².